The Bertz CT molecular complexity index is 2300. The molecule has 40 heavy (non-hydrogen) atoms. The van der Waals surface area contributed by atoms with Gasteiger partial charge in [0.15, 0.2) is 11.5 Å². The standard InChI is InChI=1S/C34H20BNO3S/c35-28-31(37)27-26-25-23-17-19(18-9-3-1-4-10-18)15-16-24(23)40-34(25)22-14-8-7-13-21(22)29(26)36(20-11-5-2-6-12-20)30(27)33(39)32(28)38/h1-17,37-39H. The number of hydrogen-bond acceptors (Lipinski definition) is 4. The highest BCUT2D eigenvalue weighted by molar-refractivity contribution is 7.27. The normalized spacial score (nSPS) is 11.9. The van der Waals surface area contributed by atoms with Crippen LogP contribution in [0.25, 0.3) is 69.6 Å². The first-order chi connectivity index (χ1) is 19.5. The van der Waals surface area contributed by atoms with Crippen molar-refractivity contribution in [2.45, 2.75) is 0 Å². The minimum atomic E-state index is -0.535. The SMILES string of the molecule is [B]c1c(O)c(O)c2c(c1O)c1c3c4cc(-c5ccccc5)ccc4sc3c3ccccc3c1n2-c1ccccc1. The maximum atomic E-state index is 11.5. The minimum Gasteiger partial charge on any atom is -0.508 e. The first-order valence-corrected chi connectivity index (χ1v) is 13.7. The second-order valence-corrected chi connectivity index (χ2v) is 11.1. The molecule has 6 heteroatoms. The van der Waals surface area contributed by atoms with E-state index in [2.05, 4.69) is 42.5 Å². The number of rotatable bonds is 2. The molecule has 2 heterocycles. The van der Waals surface area contributed by atoms with Gasteiger partial charge in [0.1, 0.15) is 19.1 Å². The molecule has 4 nitrogen and oxygen atoms in total. The highest BCUT2D eigenvalue weighted by Crippen LogP contribution is 2.52. The van der Waals surface area contributed by atoms with Crippen LogP contribution in [0.15, 0.2) is 103 Å². The van der Waals surface area contributed by atoms with Gasteiger partial charge >= 0.3 is 0 Å². The van der Waals surface area contributed by atoms with E-state index in [9.17, 15) is 15.3 Å². The lowest BCUT2D eigenvalue weighted by atomic mass is 9.90. The van der Waals surface area contributed by atoms with Crippen LogP contribution in [0.1, 0.15) is 0 Å². The Labute approximate surface area is 234 Å². The molecule has 0 unspecified atom stereocenters. The molecule has 0 aliphatic heterocycles. The van der Waals surface area contributed by atoms with E-state index in [-0.39, 0.29) is 17.0 Å². The third-order valence-electron chi connectivity index (χ3n) is 7.85. The number of benzene rings is 6. The fourth-order valence-corrected chi connectivity index (χ4v) is 7.31. The number of aromatic hydroxyl groups is 3. The summed E-state index contributed by atoms with van der Waals surface area (Å²) in [5.74, 6) is -1.15. The first-order valence-electron chi connectivity index (χ1n) is 12.9. The maximum Gasteiger partial charge on any atom is 0.182 e. The third kappa shape index (κ3) is 2.97. The van der Waals surface area contributed by atoms with Crippen molar-refractivity contribution in [1.29, 1.82) is 0 Å². The van der Waals surface area contributed by atoms with Crippen molar-refractivity contribution in [2.24, 2.45) is 0 Å². The minimum absolute atomic E-state index is 0.247. The molecule has 0 saturated carbocycles. The van der Waals surface area contributed by atoms with Gasteiger partial charge in [-0.25, -0.2) is 0 Å². The van der Waals surface area contributed by atoms with E-state index in [1.165, 1.54) is 0 Å². The molecule has 6 aromatic carbocycles. The summed E-state index contributed by atoms with van der Waals surface area (Å²) in [5, 5.41) is 38.9. The van der Waals surface area contributed by atoms with E-state index in [1.807, 2.05) is 65.2 Å². The van der Waals surface area contributed by atoms with E-state index in [1.54, 1.807) is 11.3 Å². The molecule has 2 radical (unpaired) electrons. The Kier molecular flexibility index (Phi) is 4.76. The molecule has 8 rings (SSSR count). The van der Waals surface area contributed by atoms with Crippen molar-refractivity contribution in [3.8, 4) is 34.1 Å². The highest BCUT2D eigenvalue weighted by atomic mass is 32.1. The second-order valence-electron chi connectivity index (χ2n) is 10.0. The molecule has 0 atom stereocenters. The summed E-state index contributed by atoms with van der Waals surface area (Å²) in [4.78, 5) is 0. The lowest BCUT2D eigenvalue weighted by molar-refractivity contribution is 0.405. The van der Waals surface area contributed by atoms with Crippen LogP contribution in [0.5, 0.6) is 17.2 Å². The number of fused-ring (bicyclic) bond motifs is 10. The predicted molar refractivity (Wildman–Crippen MR) is 167 cm³/mol. The van der Waals surface area contributed by atoms with Crippen LogP contribution >= 0.6 is 11.3 Å². The Morgan fingerprint density at radius 3 is 1.98 bits per heavy atom. The van der Waals surface area contributed by atoms with Crippen LogP contribution in [0, 0.1) is 0 Å². The van der Waals surface area contributed by atoms with Crippen molar-refractivity contribution < 1.29 is 15.3 Å². The van der Waals surface area contributed by atoms with Crippen LogP contribution in [0.2, 0.25) is 0 Å². The van der Waals surface area contributed by atoms with Crippen molar-refractivity contribution in [3.63, 3.8) is 0 Å². The average Bonchev–Trinajstić information content (AvgIpc) is 3.56. The molecule has 3 N–H and O–H groups in total. The number of thiophene rings is 1. The fourth-order valence-electron chi connectivity index (χ4n) is 6.08. The number of phenolic OH excluding ortho intramolecular Hbond substituents is 3. The van der Waals surface area contributed by atoms with E-state index < -0.39 is 5.75 Å². The Hall–Kier alpha value is -4.94. The molecule has 188 valence electrons. The maximum absolute atomic E-state index is 11.5. The van der Waals surface area contributed by atoms with Gasteiger partial charge in [-0.1, -0.05) is 78.9 Å². The fraction of sp³-hybridized carbons (Fsp3) is 0. The quantitative estimate of drug-likeness (QED) is 0.120. The van der Waals surface area contributed by atoms with Crippen molar-refractivity contribution >= 4 is 77.4 Å². The highest BCUT2D eigenvalue weighted by Gasteiger charge is 2.28. The van der Waals surface area contributed by atoms with E-state index in [0.717, 1.165) is 58.7 Å². The number of phenols is 3. The number of para-hydroxylation sites is 1. The van der Waals surface area contributed by atoms with Gasteiger partial charge in [0.05, 0.1) is 10.9 Å². The summed E-state index contributed by atoms with van der Waals surface area (Å²) in [6.45, 7) is 0. The molecule has 8 aromatic rings. The molecule has 0 amide bonds. The van der Waals surface area contributed by atoms with Crippen LogP contribution in [0.4, 0.5) is 0 Å². The largest absolute Gasteiger partial charge is 0.508 e. The van der Waals surface area contributed by atoms with Gasteiger partial charge in [-0.2, -0.15) is 0 Å². The molecule has 0 spiro atoms. The molecule has 0 bridgehead atoms. The van der Waals surface area contributed by atoms with Crippen LogP contribution < -0.4 is 5.46 Å². The average molecular weight is 533 g/mol. The Balaban J connectivity index is 1.71. The summed E-state index contributed by atoms with van der Waals surface area (Å²) in [6.07, 6.45) is 0. The van der Waals surface area contributed by atoms with Crippen molar-refractivity contribution in [3.05, 3.63) is 103 Å². The molecule has 0 saturated heterocycles. The van der Waals surface area contributed by atoms with Gasteiger partial charge < -0.3 is 19.9 Å². The zero-order chi connectivity index (χ0) is 27.1. The van der Waals surface area contributed by atoms with Gasteiger partial charge in [-0.3, -0.25) is 0 Å². The first kappa shape index (κ1) is 23.0. The van der Waals surface area contributed by atoms with Crippen LogP contribution in [-0.4, -0.2) is 27.7 Å². The summed E-state index contributed by atoms with van der Waals surface area (Å²) in [6, 6.07) is 34.6. The summed E-state index contributed by atoms with van der Waals surface area (Å²) < 4.78 is 4.12. The van der Waals surface area contributed by atoms with E-state index in [4.69, 9.17) is 7.85 Å². The molecule has 0 aliphatic rings. The molecule has 0 aliphatic carbocycles. The van der Waals surface area contributed by atoms with Gasteiger partial charge in [-0.05, 0) is 40.9 Å². The monoisotopic (exact) mass is 533 g/mol. The van der Waals surface area contributed by atoms with Crippen molar-refractivity contribution in [2.75, 3.05) is 0 Å². The number of nitrogens with zero attached hydrogens (tertiary/aromatic N) is 1. The summed E-state index contributed by atoms with van der Waals surface area (Å²) in [5.41, 5.74) is 3.87. The zero-order valence-electron chi connectivity index (χ0n) is 21.1. The number of aromatic nitrogens is 1. The lowest BCUT2D eigenvalue weighted by Crippen LogP contribution is -2.05. The summed E-state index contributed by atoms with van der Waals surface area (Å²) in [7, 11) is 6.17. The Morgan fingerprint density at radius 1 is 0.550 bits per heavy atom. The molecule has 0 fully saturated rings. The van der Waals surface area contributed by atoms with Crippen LogP contribution in [0.3, 0.4) is 0 Å². The third-order valence-corrected chi connectivity index (χ3v) is 9.06. The van der Waals surface area contributed by atoms with Gasteiger partial charge in [-0.15, -0.1) is 11.3 Å². The van der Waals surface area contributed by atoms with Gasteiger partial charge in [0.25, 0.3) is 0 Å². The second kappa shape index (κ2) is 8.28. The van der Waals surface area contributed by atoms with Gasteiger partial charge in [0, 0.05) is 42.0 Å². The lowest BCUT2D eigenvalue weighted by Gasteiger charge is -2.12. The topological polar surface area (TPSA) is 65.6 Å². The molecular weight excluding hydrogens is 513 g/mol. The molecular formula is C34H20BNO3S. The van der Waals surface area contributed by atoms with E-state index >= 15 is 0 Å². The van der Waals surface area contributed by atoms with Gasteiger partial charge in [0.2, 0.25) is 0 Å². The number of hydrogen-bond donors (Lipinski definition) is 3. The summed E-state index contributed by atoms with van der Waals surface area (Å²) >= 11 is 1.71. The predicted octanol–water partition coefficient (Wildman–Crippen LogP) is 7.88. The van der Waals surface area contributed by atoms with Crippen molar-refractivity contribution in [1.82, 2.24) is 4.57 Å². The zero-order valence-corrected chi connectivity index (χ0v) is 21.9. The Morgan fingerprint density at radius 2 is 1.23 bits per heavy atom. The molecule has 2 aromatic heterocycles. The van der Waals surface area contributed by atoms with E-state index in [0.29, 0.717) is 10.9 Å². The van der Waals surface area contributed by atoms with Crippen LogP contribution in [-0.2, 0) is 0 Å². The smallest absolute Gasteiger partial charge is 0.182 e.